The van der Waals surface area contributed by atoms with E-state index in [1.807, 2.05) is 0 Å². The molecule has 4 nitrogen and oxygen atoms in total. The predicted molar refractivity (Wildman–Crippen MR) is 38.9 cm³/mol. The average Bonchev–Trinajstić information content (AvgIpc) is 1.80. The minimum atomic E-state index is -0.953. The van der Waals surface area contributed by atoms with Crippen LogP contribution in [0.15, 0.2) is 0 Å². The molecule has 0 atom stereocenters. The van der Waals surface area contributed by atoms with E-state index in [-0.39, 0.29) is 44.3 Å². The fraction of sp³-hybridized carbons (Fsp3) is 0.800. The van der Waals surface area contributed by atoms with E-state index in [9.17, 15) is 4.79 Å². The number of hydrogen-bond acceptors (Lipinski definition) is 3. The van der Waals surface area contributed by atoms with Gasteiger partial charge < -0.3 is 14.6 Å². The monoisotopic (exact) mass is 176 g/mol. The van der Waals surface area contributed by atoms with Crippen LogP contribution in [-0.4, -0.2) is 75.7 Å². The van der Waals surface area contributed by atoms with Crippen LogP contribution in [0.25, 0.3) is 0 Å². The summed E-state index contributed by atoms with van der Waals surface area (Å²) < 4.78 is 9.22. The molecule has 0 spiro atoms. The van der Waals surface area contributed by atoms with Crippen molar-refractivity contribution in [2.75, 3.05) is 26.9 Å². The fourth-order valence-electron chi connectivity index (χ4n) is 0.302. The predicted octanol–water partition coefficient (Wildman–Crippen LogP) is -1.18. The molecule has 0 aliphatic heterocycles. The number of ether oxygens (including phenoxy) is 2. The molecule has 0 rings (SSSR count). The first-order valence-corrected chi connectivity index (χ1v) is 2.56. The van der Waals surface area contributed by atoms with Crippen molar-refractivity contribution < 1.29 is 19.4 Å². The zero-order valence-corrected chi connectivity index (χ0v) is 5.29. The van der Waals surface area contributed by atoms with Gasteiger partial charge in [0.1, 0.15) is 6.61 Å². The summed E-state index contributed by atoms with van der Waals surface area (Å²) in [7, 11) is 1.53. The van der Waals surface area contributed by atoms with Crippen molar-refractivity contribution in [3.63, 3.8) is 0 Å². The van der Waals surface area contributed by atoms with Gasteiger partial charge >= 0.3 is 43.7 Å². The Kier molecular flexibility index (Phi) is 12.8. The summed E-state index contributed by atoms with van der Waals surface area (Å²) in [5, 5.41) is 8.05. The van der Waals surface area contributed by atoms with Crippen molar-refractivity contribution >= 4 is 43.7 Å². The summed E-state index contributed by atoms with van der Waals surface area (Å²) in [6.07, 6.45) is 0. The van der Waals surface area contributed by atoms with Crippen molar-refractivity contribution in [3.8, 4) is 0 Å². The van der Waals surface area contributed by atoms with Gasteiger partial charge in [0, 0.05) is 7.11 Å². The van der Waals surface area contributed by atoms with E-state index in [1.165, 1.54) is 7.11 Å². The SMILES string of the molecule is COCCOCC(=O)O.[CaH2]. The fourth-order valence-corrected chi connectivity index (χ4v) is 0.302. The number of methoxy groups -OCH3 is 1. The summed E-state index contributed by atoms with van der Waals surface area (Å²) in [5.41, 5.74) is 0. The van der Waals surface area contributed by atoms with Gasteiger partial charge in [-0.2, -0.15) is 0 Å². The summed E-state index contributed by atoms with van der Waals surface area (Å²) >= 11 is 0. The van der Waals surface area contributed by atoms with E-state index in [4.69, 9.17) is 5.11 Å². The van der Waals surface area contributed by atoms with Crippen LogP contribution in [0.3, 0.4) is 0 Å². The van der Waals surface area contributed by atoms with Gasteiger partial charge in [-0.05, 0) is 0 Å². The standard InChI is InChI=1S/C5H10O4.Ca.2H/c1-8-2-3-9-4-5(6)7;;;/h2-4H2,1H3,(H,6,7);;;. The molecule has 0 aromatic heterocycles. The second kappa shape index (κ2) is 9.65. The molecule has 58 valence electrons. The van der Waals surface area contributed by atoms with Gasteiger partial charge in [-0.25, -0.2) is 4.79 Å². The Morgan fingerprint density at radius 3 is 2.50 bits per heavy atom. The van der Waals surface area contributed by atoms with Crippen molar-refractivity contribution in [2.24, 2.45) is 0 Å². The van der Waals surface area contributed by atoms with Crippen LogP contribution < -0.4 is 0 Å². The van der Waals surface area contributed by atoms with Gasteiger partial charge in [0.05, 0.1) is 13.2 Å². The van der Waals surface area contributed by atoms with E-state index in [0.717, 1.165) is 0 Å². The van der Waals surface area contributed by atoms with Gasteiger partial charge in [-0.3, -0.25) is 0 Å². The van der Waals surface area contributed by atoms with Gasteiger partial charge in [-0.15, -0.1) is 0 Å². The van der Waals surface area contributed by atoms with E-state index in [2.05, 4.69) is 9.47 Å². The Hall–Kier alpha value is 0.650. The Morgan fingerprint density at radius 1 is 1.50 bits per heavy atom. The van der Waals surface area contributed by atoms with E-state index < -0.39 is 5.97 Å². The molecule has 10 heavy (non-hydrogen) atoms. The summed E-state index contributed by atoms with van der Waals surface area (Å²) in [5.74, 6) is -0.953. The molecule has 0 bridgehead atoms. The second-order valence-electron chi connectivity index (χ2n) is 1.44. The first-order valence-electron chi connectivity index (χ1n) is 2.56. The first-order chi connectivity index (χ1) is 4.27. The third kappa shape index (κ3) is 11.4. The summed E-state index contributed by atoms with van der Waals surface area (Å²) in [6, 6.07) is 0. The topological polar surface area (TPSA) is 55.8 Å². The van der Waals surface area contributed by atoms with E-state index in [0.29, 0.717) is 13.2 Å². The Balaban J connectivity index is 0. The van der Waals surface area contributed by atoms with Gasteiger partial charge in [0.2, 0.25) is 0 Å². The zero-order valence-electron chi connectivity index (χ0n) is 5.29. The molecule has 0 aromatic carbocycles. The third-order valence-electron chi connectivity index (χ3n) is 0.657. The van der Waals surface area contributed by atoms with Crippen LogP contribution in [-0.2, 0) is 14.3 Å². The third-order valence-corrected chi connectivity index (χ3v) is 0.657. The minimum absolute atomic E-state index is 0. The Bertz CT molecular complexity index is 85.7. The molecule has 0 fully saturated rings. The second-order valence-corrected chi connectivity index (χ2v) is 1.44. The van der Waals surface area contributed by atoms with Crippen LogP contribution in [0, 0.1) is 0 Å². The number of carboxylic acids is 1. The van der Waals surface area contributed by atoms with Gasteiger partial charge in [0.25, 0.3) is 0 Å². The molecule has 0 radical (unpaired) electrons. The zero-order chi connectivity index (χ0) is 7.11. The number of hydrogen-bond donors (Lipinski definition) is 1. The van der Waals surface area contributed by atoms with Crippen molar-refractivity contribution in [3.05, 3.63) is 0 Å². The molecule has 5 heteroatoms. The molecule has 0 aromatic rings. The van der Waals surface area contributed by atoms with Crippen LogP contribution in [0.4, 0.5) is 0 Å². The maximum absolute atomic E-state index is 9.80. The summed E-state index contributed by atoms with van der Waals surface area (Å²) in [4.78, 5) is 9.80. The van der Waals surface area contributed by atoms with Crippen molar-refractivity contribution in [2.45, 2.75) is 0 Å². The average molecular weight is 176 g/mol. The molecule has 0 aliphatic carbocycles. The van der Waals surface area contributed by atoms with Crippen LogP contribution >= 0.6 is 0 Å². The first kappa shape index (κ1) is 13.3. The molecule has 0 saturated heterocycles. The van der Waals surface area contributed by atoms with Gasteiger partial charge in [0.15, 0.2) is 0 Å². The molecular formula is C5H12CaO4. The molecule has 0 saturated carbocycles. The number of aliphatic carboxylic acids is 1. The van der Waals surface area contributed by atoms with E-state index >= 15 is 0 Å². The number of carboxylic acid groups (broad SMARTS) is 1. The maximum atomic E-state index is 9.80. The molecule has 1 N–H and O–H groups in total. The Morgan fingerprint density at radius 2 is 2.10 bits per heavy atom. The quantitative estimate of drug-likeness (QED) is 0.423. The normalized spacial score (nSPS) is 8.50. The van der Waals surface area contributed by atoms with Gasteiger partial charge in [-0.1, -0.05) is 0 Å². The van der Waals surface area contributed by atoms with Crippen LogP contribution in [0.1, 0.15) is 0 Å². The molecular weight excluding hydrogens is 164 g/mol. The Labute approximate surface area is 89.5 Å². The van der Waals surface area contributed by atoms with Crippen molar-refractivity contribution in [1.29, 1.82) is 0 Å². The molecule has 0 aliphatic rings. The van der Waals surface area contributed by atoms with Crippen LogP contribution in [0.2, 0.25) is 0 Å². The molecule has 0 amide bonds. The number of rotatable bonds is 5. The molecule has 0 unspecified atom stereocenters. The summed E-state index contributed by atoms with van der Waals surface area (Å²) in [6.45, 7) is 0.527. The van der Waals surface area contributed by atoms with E-state index in [1.54, 1.807) is 0 Å². The van der Waals surface area contributed by atoms with Crippen molar-refractivity contribution in [1.82, 2.24) is 0 Å². The molecule has 0 heterocycles. The number of carbonyl (C=O) groups is 1. The van der Waals surface area contributed by atoms with Crippen LogP contribution in [0.5, 0.6) is 0 Å².